The third-order valence-electron chi connectivity index (χ3n) is 5.18. The Morgan fingerprint density at radius 3 is 2.38 bits per heavy atom. The standard InChI is InChI=1S/C23H20Cl3N5O/c1-3-11-30-22(16-7-9-17(24)10-8-16)28-31(23(30)32)13-21-15(2)27-14-29(21)12-18-19(25)5-4-6-20(18)26/h3-10,14H,1,11-13H2,2H3. The van der Waals surface area contributed by atoms with E-state index in [9.17, 15) is 4.79 Å². The topological polar surface area (TPSA) is 57.6 Å². The maximum absolute atomic E-state index is 13.2. The van der Waals surface area contributed by atoms with Crippen LogP contribution >= 0.6 is 34.8 Å². The zero-order chi connectivity index (χ0) is 22.8. The van der Waals surface area contributed by atoms with E-state index in [-0.39, 0.29) is 12.2 Å². The molecule has 0 unspecified atom stereocenters. The Morgan fingerprint density at radius 1 is 1.03 bits per heavy atom. The maximum atomic E-state index is 13.2. The molecule has 6 nitrogen and oxygen atoms in total. The first-order chi connectivity index (χ1) is 15.4. The number of nitrogens with zero attached hydrogens (tertiary/aromatic N) is 5. The van der Waals surface area contributed by atoms with E-state index in [2.05, 4.69) is 16.7 Å². The number of imidazole rings is 1. The van der Waals surface area contributed by atoms with Crippen molar-refractivity contribution < 1.29 is 0 Å². The van der Waals surface area contributed by atoms with Crippen molar-refractivity contribution in [2.75, 3.05) is 0 Å². The van der Waals surface area contributed by atoms with Gasteiger partial charge < -0.3 is 4.57 Å². The molecule has 0 aliphatic rings. The first-order valence-corrected chi connectivity index (χ1v) is 11.0. The van der Waals surface area contributed by atoms with Crippen molar-refractivity contribution >= 4 is 34.8 Å². The molecule has 4 aromatic rings. The molecule has 0 aliphatic heterocycles. The van der Waals surface area contributed by atoms with Crippen LogP contribution in [0.25, 0.3) is 11.4 Å². The third-order valence-corrected chi connectivity index (χ3v) is 6.14. The highest BCUT2D eigenvalue weighted by molar-refractivity contribution is 6.36. The Balaban J connectivity index is 1.73. The minimum absolute atomic E-state index is 0.238. The SMILES string of the molecule is C=CCn1c(-c2ccc(Cl)cc2)nn(Cc2c(C)ncn2Cc2c(Cl)cccc2Cl)c1=O. The van der Waals surface area contributed by atoms with Crippen molar-refractivity contribution in [1.29, 1.82) is 0 Å². The van der Waals surface area contributed by atoms with Crippen molar-refractivity contribution in [3.05, 3.63) is 104 Å². The van der Waals surface area contributed by atoms with E-state index < -0.39 is 0 Å². The molecule has 0 bridgehead atoms. The summed E-state index contributed by atoms with van der Waals surface area (Å²) in [4.78, 5) is 17.6. The number of halogens is 3. The Morgan fingerprint density at radius 2 is 1.72 bits per heavy atom. The fraction of sp³-hybridized carbons (Fsp3) is 0.174. The van der Waals surface area contributed by atoms with Gasteiger partial charge in [-0.05, 0) is 43.3 Å². The maximum Gasteiger partial charge on any atom is 0.346 e. The van der Waals surface area contributed by atoms with Gasteiger partial charge in [0.15, 0.2) is 5.82 Å². The molecule has 0 N–H and O–H groups in total. The number of allylic oxidation sites excluding steroid dienone is 1. The molecule has 2 aromatic heterocycles. The molecule has 9 heteroatoms. The summed E-state index contributed by atoms with van der Waals surface area (Å²) in [6.07, 6.45) is 3.39. The molecule has 0 radical (unpaired) electrons. The number of aromatic nitrogens is 5. The van der Waals surface area contributed by atoms with Crippen LogP contribution in [0.1, 0.15) is 17.0 Å². The number of benzene rings is 2. The van der Waals surface area contributed by atoms with E-state index in [4.69, 9.17) is 34.8 Å². The summed E-state index contributed by atoms with van der Waals surface area (Å²) >= 11 is 18.7. The summed E-state index contributed by atoms with van der Waals surface area (Å²) in [5.41, 5.74) is 2.99. The molecule has 32 heavy (non-hydrogen) atoms. The fourth-order valence-corrected chi connectivity index (χ4v) is 4.14. The molecule has 0 saturated heterocycles. The Kier molecular flexibility index (Phi) is 6.55. The van der Waals surface area contributed by atoms with E-state index in [0.29, 0.717) is 34.0 Å². The number of rotatable bonds is 7. The van der Waals surface area contributed by atoms with Crippen molar-refractivity contribution in [2.24, 2.45) is 0 Å². The molecule has 0 spiro atoms. The molecule has 0 amide bonds. The monoisotopic (exact) mass is 487 g/mol. The van der Waals surface area contributed by atoms with E-state index in [1.54, 1.807) is 47.3 Å². The molecule has 164 valence electrons. The second kappa shape index (κ2) is 9.36. The summed E-state index contributed by atoms with van der Waals surface area (Å²) in [7, 11) is 0. The average molecular weight is 489 g/mol. The molecular formula is C23H20Cl3N5O. The minimum Gasteiger partial charge on any atom is -0.328 e. The summed E-state index contributed by atoms with van der Waals surface area (Å²) in [5, 5.41) is 6.38. The number of aryl methyl sites for hydroxylation is 1. The van der Waals surface area contributed by atoms with Crippen LogP contribution in [0.5, 0.6) is 0 Å². The van der Waals surface area contributed by atoms with Crippen molar-refractivity contribution in [3.8, 4) is 11.4 Å². The number of hydrogen-bond donors (Lipinski definition) is 0. The van der Waals surface area contributed by atoms with Gasteiger partial charge in [-0.3, -0.25) is 4.57 Å². The van der Waals surface area contributed by atoms with Gasteiger partial charge in [-0.2, -0.15) is 0 Å². The van der Waals surface area contributed by atoms with Crippen LogP contribution in [0, 0.1) is 6.92 Å². The summed E-state index contributed by atoms with van der Waals surface area (Å²) in [6, 6.07) is 12.6. The van der Waals surface area contributed by atoms with E-state index in [0.717, 1.165) is 22.5 Å². The van der Waals surface area contributed by atoms with Gasteiger partial charge in [-0.25, -0.2) is 14.5 Å². The zero-order valence-electron chi connectivity index (χ0n) is 17.3. The van der Waals surface area contributed by atoms with E-state index in [1.165, 1.54) is 4.68 Å². The van der Waals surface area contributed by atoms with Gasteiger partial charge in [0.25, 0.3) is 0 Å². The van der Waals surface area contributed by atoms with E-state index in [1.807, 2.05) is 23.6 Å². The fourth-order valence-electron chi connectivity index (χ4n) is 3.50. The molecule has 0 saturated carbocycles. The molecule has 2 aromatic carbocycles. The minimum atomic E-state index is -0.238. The number of hydrogen-bond acceptors (Lipinski definition) is 3. The van der Waals surface area contributed by atoms with E-state index >= 15 is 0 Å². The molecule has 0 aliphatic carbocycles. The zero-order valence-corrected chi connectivity index (χ0v) is 19.6. The molecule has 4 rings (SSSR count). The normalized spacial score (nSPS) is 11.1. The van der Waals surface area contributed by atoms with Crippen LogP contribution in [0.15, 0.2) is 66.2 Å². The molecule has 0 fully saturated rings. The first-order valence-electron chi connectivity index (χ1n) is 9.87. The van der Waals surface area contributed by atoms with Crippen molar-refractivity contribution in [1.82, 2.24) is 23.9 Å². The van der Waals surface area contributed by atoms with Gasteiger partial charge >= 0.3 is 5.69 Å². The predicted molar refractivity (Wildman–Crippen MR) is 129 cm³/mol. The third kappa shape index (κ3) is 4.39. The highest BCUT2D eigenvalue weighted by Crippen LogP contribution is 2.26. The lowest BCUT2D eigenvalue weighted by Crippen LogP contribution is -2.26. The lowest BCUT2D eigenvalue weighted by Gasteiger charge is -2.11. The summed E-state index contributed by atoms with van der Waals surface area (Å²) in [6.45, 7) is 6.68. The quantitative estimate of drug-likeness (QED) is 0.325. The van der Waals surface area contributed by atoms with Crippen LogP contribution in [0.2, 0.25) is 15.1 Å². The Hall–Kier alpha value is -2.80. The van der Waals surface area contributed by atoms with Gasteiger partial charge in [0, 0.05) is 32.7 Å². The van der Waals surface area contributed by atoms with Gasteiger partial charge in [0.1, 0.15) is 0 Å². The Bertz CT molecular complexity index is 1310. The van der Waals surface area contributed by atoms with Crippen LogP contribution in [-0.4, -0.2) is 23.9 Å². The molecule has 0 atom stereocenters. The second-order valence-corrected chi connectivity index (χ2v) is 8.53. The average Bonchev–Trinajstić information content (AvgIpc) is 3.27. The van der Waals surface area contributed by atoms with Gasteiger partial charge in [-0.1, -0.05) is 46.9 Å². The van der Waals surface area contributed by atoms with Crippen LogP contribution in [0.3, 0.4) is 0 Å². The highest BCUT2D eigenvalue weighted by Gasteiger charge is 2.18. The summed E-state index contributed by atoms with van der Waals surface area (Å²) < 4.78 is 4.95. The van der Waals surface area contributed by atoms with Gasteiger partial charge in [0.05, 0.1) is 30.8 Å². The second-order valence-electron chi connectivity index (χ2n) is 7.27. The highest BCUT2D eigenvalue weighted by atomic mass is 35.5. The largest absolute Gasteiger partial charge is 0.346 e. The predicted octanol–water partition coefficient (Wildman–Crippen LogP) is 5.46. The lowest BCUT2D eigenvalue weighted by molar-refractivity contribution is 0.599. The van der Waals surface area contributed by atoms with Crippen molar-refractivity contribution in [2.45, 2.75) is 26.6 Å². The smallest absolute Gasteiger partial charge is 0.328 e. The lowest BCUT2D eigenvalue weighted by atomic mass is 10.2. The Labute approximate surface area is 200 Å². The van der Waals surface area contributed by atoms with Crippen LogP contribution in [0.4, 0.5) is 0 Å². The van der Waals surface area contributed by atoms with Crippen molar-refractivity contribution in [3.63, 3.8) is 0 Å². The van der Waals surface area contributed by atoms with Gasteiger partial charge in [-0.15, -0.1) is 11.7 Å². The van der Waals surface area contributed by atoms with Gasteiger partial charge in [0.2, 0.25) is 0 Å². The van der Waals surface area contributed by atoms with Crippen LogP contribution < -0.4 is 5.69 Å². The molecule has 2 heterocycles. The first kappa shape index (κ1) is 22.4. The van der Waals surface area contributed by atoms with Crippen LogP contribution in [-0.2, 0) is 19.6 Å². The molecular weight excluding hydrogens is 469 g/mol. The summed E-state index contributed by atoms with van der Waals surface area (Å²) in [5.74, 6) is 0.546.